The number of benzene rings is 1. The van der Waals surface area contributed by atoms with Crippen LogP contribution in [0.15, 0.2) is 18.2 Å². The van der Waals surface area contributed by atoms with Crippen LogP contribution in [0.25, 0.3) is 11.0 Å². The van der Waals surface area contributed by atoms with Crippen LogP contribution in [-0.2, 0) is 9.47 Å². The van der Waals surface area contributed by atoms with Crippen molar-refractivity contribution in [2.24, 2.45) is 0 Å². The average Bonchev–Trinajstić information content (AvgIpc) is 2.96. The largest absolute Gasteiger partial charge is 0.497 e. The summed E-state index contributed by atoms with van der Waals surface area (Å²) in [6.07, 6.45) is -0.524. The summed E-state index contributed by atoms with van der Waals surface area (Å²) in [6, 6.07) is 5.45. The van der Waals surface area contributed by atoms with Crippen molar-refractivity contribution >= 4 is 23.1 Å². The Balaban J connectivity index is 1.49. The lowest BCUT2D eigenvalue weighted by Crippen LogP contribution is -2.38. The molecule has 8 nitrogen and oxygen atoms in total. The molecular formula is C15H20N4O4. The zero-order chi connectivity index (χ0) is 16.1. The Morgan fingerprint density at radius 3 is 3.04 bits per heavy atom. The third-order valence-corrected chi connectivity index (χ3v) is 3.65. The number of fused-ring (bicyclic) bond motifs is 1. The van der Waals surface area contributed by atoms with Crippen LogP contribution in [0, 0.1) is 0 Å². The van der Waals surface area contributed by atoms with Gasteiger partial charge in [-0.1, -0.05) is 0 Å². The molecule has 1 fully saturated rings. The summed E-state index contributed by atoms with van der Waals surface area (Å²) in [5, 5.41) is 2.59. The lowest BCUT2D eigenvalue weighted by molar-refractivity contribution is 0.0290. The molecule has 1 amide bonds. The van der Waals surface area contributed by atoms with Gasteiger partial charge in [-0.25, -0.2) is 9.78 Å². The van der Waals surface area contributed by atoms with Gasteiger partial charge in [-0.2, -0.15) is 0 Å². The minimum Gasteiger partial charge on any atom is -0.497 e. The van der Waals surface area contributed by atoms with Gasteiger partial charge in [0.2, 0.25) is 5.95 Å². The summed E-state index contributed by atoms with van der Waals surface area (Å²) in [5.41, 5.74) is 1.53. The summed E-state index contributed by atoms with van der Waals surface area (Å²) in [5.74, 6) is 1.07. The molecule has 0 spiro atoms. The van der Waals surface area contributed by atoms with Crippen LogP contribution in [0.3, 0.4) is 0 Å². The maximum atomic E-state index is 11.8. The SMILES string of the molecule is COc1ccc2nc(NC(=O)OCCN3CCOCC3)[nH]c2c1. The molecule has 0 bridgehead atoms. The number of morpholine rings is 1. The second-order valence-corrected chi connectivity index (χ2v) is 5.18. The van der Waals surface area contributed by atoms with Crippen molar-refractivity contribution in [3.05, 3.63) is 18.2 Å². The maximum Gasteiger partial charge on any atom is 0.414 e. The van der Waals surface area contributed by atoms with Crippen molar-refractivity contribution in [3.8, 4) is 5.75 Å². The molecule has 2 aromatic rings. The Morgan fingerprint density at radius 1 is 1.43 bits per heavy atom. The number of ether oxygens (including phenoxy) is 3. The van der Waals surface area contributed by atoms with Crippen molar-refractivity contribution in [1.29, 1.82) is 0 Å². The Hall–Kier alpha value is -2.32. The molecule has 0 radical (unpaired) electrons. The Bertz CT molecular complexity index is 667. The quantitative estimate of drug-likeness (QED) is 0.867. The second-order valence-electron chi connectivity index (χ2n) is 5.18. The molecule has 124 valence electrons. The fraction of sp³-hybridized carbons (Fsp3) is 0.467. The zero-order valence-electron chi connectivity index (χ0n) is 13.0. The van der Waals surface area contributed by atoms with Gasteiger partial charge >= 0.3 is 6.09 Å². The summed E-state index contributed by atoms with van der Waals surface area (Å²) in [6.45, 7) is 4.24. The predicted molar refractivity (Wildman–Crippen MR) is 84.9 cm³/mol. The molecule has 2 heterocycles. The van der Waals surface area contributed by atoms with E-state index in [2.05, 4.69) is 20.2 Å². The molecule has 0 aliphatic carbocycles. The van der Waals surface area contributed by atoms with E-state index < -0.39 is 6.09 Å². The molecule has 1 aliphatic heterocycles. The van der Waals surface area contributed by atoms with Crippen LogP contribution < -0.4 is 10.1 Å². The Kier molecular flexibility index (Phi) is 4.94. The van der Waals surface area contributed by atoms with Gasteiger partial charge in [-0.3, -0.25) is 10.2 Å². The van der Waals surface area contributed by atoms with E-state index in [1.807, 2.05) is 18.2 Å². The number of amides is 1. The van der Waals surface area contributed by atoms with Crippen molar-refractivity contribution in [3.63, 3.8) is 0 Å². The maximum absolute atomic E-state index is 11.8. The van der Waals surface area contributed by atoms with Crippen molar-refractivity contribution < 1.29 is 19.0 Å². The molecule has 0 unspecified atom stereocenters. The highest BCUT2D eigenvalue weighted by Gasteiger charge is 2.12. The van der Waals surface area contributed by atoms with E-state index >= 15 is 0 Å². The molecule has 8 heteroatoms. The number of hydrogen-bond acceptors (Lipinski definition) is 6. The number of carbonyl (C=O) groups excluding carboxylic acids is 1. The number of nitrogens with one attached hydrogen (secondary N) is 2. The van der Waals surface area contributed by atoms with Crippen LogP contribution >= 0.6 is 0 Å². The van der Waals surface area contributed by atoms with Gasteiger partial charge in [-0.05, 0) is 12.1 Å². The molecule has 2 N–H and O–H groups in total. The first-order valence-electron chi connectivity index (χ1n) is 7.52. The predicted octanol–water partition coefficient (Wildman–Crippen LogP) is 1.45. The monoisotopic (exact) mass is 320 g/mol. The Morgan fingerprint density at radius 2 is 2.26 bits per heavy atom. The number of anilines is 1. The fourth-order valence-electron chi connectivity index (χ4n) is 2.40. The van der Waals surface area contributed by atoms with Crippen LogP contribution in [0.1, 0.15) is 0 Å². The van der Waals surface area contributed by atoms with Gasteiger partial charge in [0.05, 0.1) is 31.4 Å². The number of rotatable bonds is 5. The Labute approximate surface area is 133 Å². The molecule has 0 atom stereocenters. The molecule has 1 aromatic heterocycles. The highest BCUT2D eigenvalue weighted by atomic mass is 16.5. The molecule has 1 saturated heterocycles. The standard InChI is InChI=1S/C15H20N4O4/c1-21-11-2-3-12-13(10-11)17-14(16-12)18-15(20)23-9-6-19-4-7-22-8-5-19/h2-3,10H,4-9H2,1H3,(H2,16,17,18,20). The topological polar surface area (TPSA) is 88.7 Å². The molecule has 23 heavy (non-hydrogen) atoms. The molecule has 1 aromatic carbocycles. The number of aromatic amines is 1. The first-order chi connectivity index (χ1) is 11.2. The average molecular weight is 320 g/mol. The first kappa shape index (κ1) is 15.6. The van der Waals surface area contributed by atoms with Gasteiger partial charge < -0.3 is 19.2 Å². The third-order valence-electron chi connectivity index (χ3n) is 3.65. The minimum absolute atomic E-state index is 0.333. The highest BCUT2D eigenvalue weighted by molar-refractivity contribution is 5.86. The summed E-state index contributed by atoms with van der Waals surface area (Å²) in [7, 11) is 1.60. The van der Waals surface area contributed by atoms with Crippen LogP contribution in [-0.4, -0.2) is 67.5 Å². The van der Waals surface area contributed by atoms with Crippen LogP contribution in [0.4, 0.5) is 10.7 Å². The number of methoxy groups -OCH3 is 1. The first-order valence-corrected chi connectivity index (χ1v) is 7.52. The summed E-state index contributed by atoms with van der Waals surface area (Å²) in [4.78, 5) is 21.3. The van der Waals surface area contributed by atoms with Crippen molar-refractivity contribution in [2.45, 2.75) is 0 Å². The molecule has 3 rings (SSSR count). The normalized spacial score (nSPS) is 15.5. The van der Waals surface area contributed by atoms with E-state index in [4.69, 9.17) is 14.2 Å². The molecule has 1 aliphatic rings. The number of nitrogens with zero attached hydrogens (tertiary/aromatic N) is 2. The van der Waals surface area contributed by atoms with Gasteiger partial charge in [0.15, 0.2) is 0 Å². The highest BCUT2D eigenvalue weighted by Crippen LogP contribution is 2.20. The van der Waals surface area contributed by atoms with Gasteiger partial charge in [0.1, 0.15) is 12.4 Å². The van der Waals surface area contributed by atoms with Crippen molar-refractivity contribution in [1.82, 2.24) is 14.9 Å². The van der Waals surface area contributed by atoms with Gasteiger partial charge in [-0.15, -0.1) is 0 Å². The molecule has 0 saturated carbocycles. The van der Waals surface area contributed by atoms with E-state index in [1.165, 1.54) is 0 Å². The minimum atomic E-state index is -0.524. The number of aromatic nitrogens is 2. The lowest BCUT2D eigenvalue weighted by atomic mass is 10.3. The number of H-pyrrole nitrogens is 1. The van der Waals surface area contributed by atoms with E-state index in [1.54, 1.807) is 7.11 Å². The van der Waals surface area contributed by atoms with E-state index in [0.717, 1.165) is 43.1 Å². The fourth-order valence-corrected chi connectivity index (χ4v) is 2.40. The number of hydrogen-bond donors (Lipinski definition) is 2. The van der Waals surface area contributed by atoms with Crippen molar-refractivity contribution in [2.75, 3.05) is 51.9 Å². The zero-order valence-corrected chi connectivity index (χ0v) is 13.0. The van der Waals surface area contributed by atoms with E-state index in [-0.39, 0.29) is 0 Å². The number of carbonyl (C=O) groups is 1. The third kappa shape index (κ3) is 4.11. The lowest BCUT2D eigenvalue weighted by Gasteiger charge is -2.26. The van der Waals surface area contributed by atoms with Gasteiger partial charge in [0.25, 0.3) is 0 Å². The number of imidazole rings is 1. The smallest absolute Gasteiger partial charge is 0.414 e. The van der Waals surface area contributed by atoms with Gasteiger partial charge in [0, 0.05) is 25.7 Å². The van der Waals surface area contributed by atoms with E-state index in [9.17, 15) is 4.79 Å². The summed E-state index contributed by atoms with van der Waals surface area (Å²) < 4.78 is 15.6. The van der Waals surface area contributed by atoms with E-state index in [0.29, 0.717) is 19.1 Å². The molecular weight excluding hydrogens is 300 g/mol. The second kappa shape index (κ2) is 7.30. The van der Waals surface area contributed by atoms with Crippen LogP contribution in [0.5, 0.6) is 5.75 Å². The summed E-state index contributed by atoms with van der Waals surface area (Å²) >= 11 is 0. The van der Waals surface area contributed by atoms with Crippen LogP contribution in [0.2, 0.25) is 0 Å².